The molecule has 1 saturated carbocycles. The highest BCUT2D eigenvalue weighted by Gasteiger charge is 2.33. The number of aromatic nitrogens is 2. The van der Waals surface area contributed by atoms with Gasteiger partial charge in [0.25, 0.3) is 5.91 Å². The van der Waals surface area contributed by atoms with Crippen molar-refractivity contribution in [3.63, 3.8) is 0 Å². The number of ether oxygens (including phenoxy) is 2. The van der Waals surface area contributed by atoms with E-state index in [4.69, 9.17) is 9.47 Å². The largest absolute Gasteiger partial charge is 0.481 e. The second-order valence-corrected chi connectivity index (χ2v) is 9.07. The van der Waals surface area contributed by atoms with E-state index in [1.165, 1.54) is 25.4 Å². The van der Waals surface area contributed by atoms with Crippen molar-refractivity contribution in [2.24, 2.45) is 5.92 Å². The van der Waals surface area contributed by atoms with Crippen LogP contribution in [0.2, 0.25) is 0 Å². The summed E-state index contributed by atoms with van der Waals surface area (Å²) in [7, 11) is 1.51. The number of carbonyl (C=O) groups excluding carboxylic acids is 1. The van der Waals surface area contributed by atoms with Crippen LogP contribution >= 0.6 is 0 Å². The molecule has 0 spiro atoms. The van der Waals surface area contributed by atoms with E-state index in [1.54, 1.807) is 18.3 Å². The molecule has 0 unspecified atom stereocenters. The lowest BCUT2D eigenvalue weighted by atomic mass is 9.75. The number of rotatable bonds is 8. The summed E-state index contributed by atoms with van der Waals surface area (Å²) in [6, 6.07) is 8.70. The Balaban J connectivity index is 1.47. The molecule has 192 valence electrons. The van der Waals surface area contributed by atoms with Gasteiger partial charge in [0.2, 0.25) is 5.88 Å². The molecule has 0 saturated heterocycles. The predicted molar refractivity (Wildman–Crippen MR) is 130 cm³/mol. The molecule has 2 aromatic heterocycles. The van der Waals surface area contributed by atoms with Crippen LogP contribution in [-0.4, -0.2) is 42.2 Å². The normalized spacial score (nSPS) is 19.1. The summed E-state index contributed by atoms with van der Waals surface area (Å²) >= 11 is 0. The molecule has 1 N–H and O–H groups in total. The number of pyridine rings is 2. The Kier molecular flexibility index (Phi) is 8.08. The quantitative estimate of drug-likeness (QED) is 0.425. The van der Waals surface area contributed by atoms with Gasteiger partial charge in [-0.05, 0) is 80.3 Å². The second kappa shape index (κ2) is 11.2. The third-order valence-electron chi connectivity index (χ3n) is 6.91. The maximum atomic E-state index is 13.3. The van der Waals surface area contributed by atoms with Gasteiger partial charge in [0.15, 0.2) is 0 Å². The Labute approximate surface area is 208 Å². The molecule has 1 aliphatic carbocycles. The third kappa shape index (κ3) is 5.95. The van der Waals surface area contributed by atoms with Gasteiger partial charge in [-0.15, -0.1) is 0 Å². The van der Waals surface area contributed by atoms with Gasteiger partial charge in [-0.3, -0.25) is 9.78 Å². The number of amides is 1. The van der Waals surface area contributed by atoms with Crippen LogP contribution in [0, 0.1) is 5.92 Å². The molecule has 9 heteroatoms. The van der Waals surface area contributed by atoms with Gasteiger partial charge in [0.1, 0.15) is 0 Å². The van der Waals surface area contributed by atoms with Crippen molar-refractivity contribution in [2.75, 3.05) is 20.3 Å². The van der Waals surface area contributed by atoms with E-state index in [0.29, 0.717) is 35.6 Å². The van der Waals surface area contributed by atoms with Gasteiger partial charge in [0, 0.05) is 30.5 Å². The molecule has 4 rings (SSSR count). The zero-order chi connectivity index (χ0) is 25.7. The van der Waals surface area contributed by atoms with Crippen LogP contribution in [0.1, 0.15) is 60.0 Å². The lowest BCUT2D eigenvalue weighted by molar-refractivity contribution is -0.137. The molecule has 2 heterocycles. The average Bonchev–Trinajstić information content (AvgIpc) is 2.90. The molecule has 1 aromatic carbocycles. The molecule has 0 radical (unpaired) electrons. The van der Waals surface area contributed by atoms with E-state index in [9.17, 15) is 18.0 Å². The predicted octanol–water partition coefficient (Wildman–Crippen LogP) is 5.77. The summed E-state index contributed by atoms with van der Waals surface area (Å²) < 4.78 is 50.7. The van der Waals surface area contributed by atoms with E-state index >= 15 is 0 Å². The van der Waals surface area contributed by atoms with Gasteiger partial charge in [0.05, 0.1) is 36.4 Å². The average molecular weight is 502 g/mol. The molecule has 36 heavy (non-hydrogen) atoms. The number of alkyl halides is 3. The van der Waals surface area contributed by atoms with Crippen molar-refractivity contribution in [3.8, 4) is 5.88 Å². The number of carbonyl (C=O) groups is 1. The van der Waals surface area contributed by atoms with Crippen molar-refractivity contribution in [1.29, 1.82) is 0 Å². The molecule has 0 aliphatic heterocycles. The van der Waals surface area contributed by atoms with Gasteiger partial charge < -0.3 is 14.8 Å². The van der Waals surface area contributed by atoms with Crippen LogP contribution in [0.15, 0.2) is 48.8 Å². The number of hydrogen-bond acceptors (Lipinski definition) is 5. The minimum atomic E-state index is -4.40. The SMILES string of the molecule is CCOC[C@@H](NC(=O)c1ccc(OC)nc1)[C@H]1CC[C@H](c2ccnc3ccc(C(F)(F)F)cc32)CC1. The summed E-state index contributed by atoms with van der Waals surface area (Å²) in [6.45, 7) is 2.84. The maximum Gasteiger partial charge on any atom is 0.416 e. The van der Waals surface area contributed by atoms with Gasteiger partial charge in [-0.25, -0.2) is 4.98 Å². The number of nitrogens with one attached hydrogen (secondary N) is 1. The fourth-order valence-corrected chi connectivity index (χ4v) is 4.96. The molecule has 1 fully saturated rings. The van der Waals surface area contributed by atoms with E-state index in [2.05, 4.69) is 15.3 Å². The summed E-state index contributed by atoms with van der Waals surface area (Å²) in [5.74, 6) is 0.532. The lowest BCUT2D eigenvalue weighted by Crippen LogP contribution is -2.44. The topological polar surface area (TPSA) is 73.3 Å². The molecular weight excluding hydrogens is 471 g/mol. The molecule has 6 nitrogen and oxygen atoms in total. The number of nitrogens with zero attached hydrogens (tertiary/aromatic N) is 2. The van der Waals surface area contributed by atoms with Crippen molar-refractivity contribution in [3.05, 3.63) is 65.5 Å². The number of fused-ring (bicyclic) bond motifs is 1. The minimum Gasteiger partial charge on any atom is -0.481 e. The van der Waals surface area contributed by atoms with Crippen LogP contribution in [0.5, 0.6) is 5.88 Å². The summed E-state index contributed by atoms with van der Waals surface area (Å²) in [5, 5.41) is 3.66. The van der Waals surface area contributed by atoms with Gasteiger partial charge in [-0.2, -0.15) is 13.2 Å². The number of hydrogen-bond donors (Lipinski definition) is 1. The molecule has 0 bridgehead atoms. The van der Waals surface area contributed by atoms with Crippen LogP contribution < -0.4 is 10.1 Å². The Hall–Kier alpha value is -3.20. The maximum absolute atomic E-state index is 13.3. The molecule has 1 amide bonds. The first-order valence-electron chi connectivity index (χ1n) is 12.1. The van der Waals surface area contributed by atoms with Gasteiger partial charge >= 0.3 is 6.18 Å². The van der Waals surface area contributed by atoms with Crippen LogP contribution in [0.4, 0.5) is 13.2 Å². The van der Waals surface area contributed by atoms with Crippen LogP contribution in [0.3, 0.4) is 0 Å². The van der Waals surface area contributed by atoms with Crippen LogP contribution in [0.25, 0.3) is 10.9 Å². The molecule has 1 atom stereocenters. The first-order chi connectivity index (χ1) is 17.3. The number of methoxy groups -OCH3 is 1. The van der Waals surface area contributed by atoms with E-state index < -0.39 is 11.7 Å². The fourth-order valence-electron chi connectivity index (χ4n) is 4.96. The number of halogens is 3. The van der Waals surface area contributed by atoms with Crippen molar-refractivity contribution in [1.82, 2.24) is 15.3 Å². The summed E-state index contributed by atoms with van der Waals surface area (Å²) in [5.41, 5.74) is 1.25. The van der Waals surface area contributed by atoms with Crippen molar-refractivity contribution >= 4 is 16.8 Å². The molecule has 3 aromatic rings. The Morgan fingerprint density at radius 1 is 1.11 bits per heavy atom. The monoisotopic (exact) mass is 501 g/mol. The minimum absolute atomic E-state index is 0.129. The third-order valence-corrected chi connectivity index (χ3v) is 6.91. The smallest absolute Gasteiger partial charge is 0.416 e. The fraction of sp³-hybridized carbons (Fsp3) is 0.444. The van der Waals surface area contributed by atoms with E-state index in [0.717, 1.165) is 37.3 Å². The highest BCUT2D eigenvalue weighted by atomic mass is 19.4. The zero-order valence-corrected chi connectivity index (χ0v) is 20.3. The molecular formula is C27H30F3N3O3. The second-order valence-electron chi connectivity index (χ2n) is 9.07. The first-order valence-corrected chi connectivity index (χ1v) is 12.1. The van der Waals surface area contributed by atoms with E-state index in [1.807, 2.05) is 13.0 Å². The summed E-state index contributed by atoms with van der Waals surface area (Å²) in [4.78, 5) is 21.2. The van der Waals surface area contributed by atoms with Crippen molar-refractivity contribution in [2.45, 2.75) is 50.7 Å². The Morgan fingerprint density at radius 3 is 2.53 bits per heavy atom. The Bertz CT molecular complexity index is 1180. The first kappa shape index (κ1) is 25.9. The standard InChI is InChI=1S/C27H30F3N3O3/c1-3-36-16-24(33-26(34)19-8-11-25(35-2)32-15-19)18-6-4-17(5-7-18)21-12-13-31-23-10-9-20(14-22(21)23)27(28,29)30/h8-15,17-18,24H,3-7,16H2,1-2H3,(H,33,34)/t17-,18-,24-/m1/s1. The highest BCUT2D eigenvalue weighted by molar-refractivity contribution is 5.94. The van der Waals surface area contributed by atoms with Gasteiger partial charge in [-0.1, -0.05) is 0 Å². The number of benzene rings is 1. The highest BCUT2D eigenvalue weighted by Crippen LogP contribution is 2.40. The Morgan fingerprint density at radius 2 is 1.89 bits per heavy atom. The summed E-state index contributed by atoms with van der Waals surface area (Å²) in [6.07, 6.45) is 2.01. The lowest BCUT2D eigenvalue weighted by Gasteiger charge is -2.34. The zero-order valence-electron chi connectivity index (χ0n) is 20.3. The van der Waals surface area contributed by atoms with Crippen LogP contribution in [-0.2, 0) is 10.9 Å². The van der Waals surface area contributed by atoms with Crippen molar-refractivity contribution < 1.29 is 27.4 Å². The molecule has 1 aliphatic rings. The van der Waals surface area contributed by atoms with E-state index in [-0.39, 0.29) is 23.8 Å².